The molecule has 0 heterocycles. The number of nitrogens with one attached hydrogen (secondary N) is 1. The van der Waals surface area contributed by atoms with E-state index in [0.29, 0.717) is 24.8 Å². The van der Waals surface area contributed by atoms with Crippen molar-refractivity contribution in [3.05, 3.63) is 29.3 Å². The summed E-state index contributed by atoms with van der Waals surface area (Å²) in [5.74, 6) is -2.96. The van der Waals surface area contributed by atoms with Crippen LogP contribution in [0.25, 0.3) is 0 Å². The first-order chi connectivity index (χ1) is 13.2. The van der Waals surface area contributed by atoms with Crippen LogP contribution in [0.5, 0.6) is 5.75 Å². The molecular weight excluding hydrogens is 370 g/mol. The summed E-state index contributed by atoms with van der Waals surface area (Å²) < 4.78 is 11.2. The third-order valence-corrected chi connectivity index (χ3v) is 4.13. The van der Waals surface area contributed by atoms with Crippen LogP contribution in [0.3, 0.4) is 0 Å². The summed E-state index contributed by atoms with van der Waals surface area (Å²) in [5.41, 5.74) is 2.05. The highest BCUT2D eigenvalue weighted by Gasteiger charge is 2.31. The molecule has 5 N–H and O–H groups in total. The monoisotopic (exact) mass is 399 g/mol. The molecule has 0 aliphatic heterocycles. The van der Waals surface area contributed by atoms with Crippen LogP contribution in [-0.4, -0.2) is 70.9 Å². The van der Waals surface area contributed by atoms with Crippen LogP contribution >= 0.6 is 0 Å². The molecule has 0 amide bonds. The third-order valence-electron chi connectivity index (χ3n) is 4.13. The maximum atomic E-state index is 10.1. The van der Waals surface area contributed by atoms with Crippen LogP contribution in [0.1, 0.15) is 37.5 Å². The SMILES string of the molecule is CO[C@@H]1c2c(cccc2OCC(O)CNC(C)C)CC[C@@H]1O.O=C(O)C(=O)O. The number of methoxy groups -OCH3 is 1. The van der Waals surface area contributed by atoms with Crippen LogP contribution in [0.15, 0.2) is 18.2 Å². The second-order valence-electron chi connectivity index (χ2n) is 6.73. The molecule has 1 aromatic rings. The highest BCUT2D eigenvalue weighted by molar-refractivity contribution is 6.27. The fraction of sp³-hybridized carbons (Fsp3) is 0.579. The first kappa shape index (κ1) is 23.8. The highest BCUT2D eigenvalue weighted by Crippen LogP contribution is 2.38. The highest BCUT2D eigenvalue weighted by atomic mass is 16.5. The number of rotatable bonds is 7. The van der Waals surface area contributed by atoms with Crippen molar-refractivity contribution in [2.75, 3.05) is 20.3 Å². The Bertz CT molecular complexity index is 637. The van der Waals surface area contributed by atoms with Crippen LogP contribution in [0, 0.1) is 0 Å². The number of aryl methyl sites for hydroxylation is 1. The number of aliphatic carboxylic acids is 2. The molecule has 1 aliphatic rings. The van der Waals surface area contributed by atoms with E-state index in [1.54, 1.807) is 7.11 Å². The van der Waals surface area contributed by atoms with Crippen LogP contribution < -0.4 is 10.1 Å². The molecule has 0 saturated carbocycles. The minimum atomic E-state index is -1.82. The number of carboxylic acids is 2. The second-order valence-corrected chi connectivity index (χ2v) is 6.73. The lowest BCUT2D eigenvalue weighted by Gasteiger charge is -2.31. The molecule has 0 fully saturated rings. The van der Waals surface area contributed by atoms with E-state index in [1.165, 1.54) is 0 Å². The van der Waals surface area contributed by atoms with Crippen molar-refractivity contribution >= 4 is 11.9 Å². The van der Waals surface area contributed by atoms with Crippen molar-refractivity contribution in [1.29, 1.82) is 0 Å². The van der Waals surface area contributed by atoms with Gasteiger partial charge in [-0.15, -0.1) is 0 Å². The van der Waals surface area contributed by atoms with Gasteiger partial charge in [-0.05, 0) is 24.5 Å². The Labute approximate surface area is 163 Å². The van der Waals surface area contributed by atoms with Crippen LogP contribution in [0.2, 0.25) is 0 Å². The summed E-state index contributed by atoms with van der Waals surface area (Å²) in [7, 11) is 1.60. The molecule has 1 aliphatic carbocycles. The number of hydrogen-bond acceptors (Lipinski definition) is 7. The maximum absolute atomic E-state index is 10.1. The largest absolute Gasteiger partial charge is 0.490 e. The summed E-state index contributed by atoms with van der Waals surface area (Å²) in [6.45, 7) is 4.77. The van der Waals surface area contributed by atoms with E-state index in [1.807, 2.05) is 32.0 Å². The van der Waals surface area contributed by atoms with E-state index in [2.05, 4.69) is 5.32 Å². The van der Waals surface area contributed by atoms with E-state index in [4.69, 9.17) is 29.3 Å². The lowest BCUT2D eigenvalue weighted by Crippen LogP contribution is -2.35. The molecule has 28 heavy (non-hydrogen) atoms. The predicted octanol–water partition coefficient (Wildman–Crippen LogP) is 0.575. The average Bonchev–Trinajstić information content (AvgIpc) is 2.65. The van der Waals surface area contributed by atoms with Gasteiger partial charge in [0, 0.05) is 25.3 Å². The smallest absolute Gasteiger partial charge is 0.414 e. The van der Waals surface area contributed by atoms with E-state index in [0.717, 1.165) is 17.5 Å². The van der Waals surface area contributed by atoms with Crippen molar-refractivity contribution in [2.24, 2.45) is 0 Å². The molecule has 9 heteroatoms. The van der Waals surface area contributed by atoms with Crippen molar-refractivity contribution in [3.8, 4) is 5.75 Å². The molecule has 0 aromatic heterocycles. The molecule has 0 spiro atoms. The van der Waals surface area contributed by atoms with Gasteiger partial charge in [0.2, 0.25) is 0 Å². The predicted molar refractivity (Wildman–Crippen MR) is 100 cm³/mol. The molecule has 1 aromatic carbocycles. The first-order valence-electron chi connectivity index (χ1n) is 9.00. The molecule has 2 rings (SSSR count). The van der Waals surface area contributed by atoms with Crippen molar-refractivity contribution < 1.29 is 39.5 Å². The fourth-order valence-corrected chi connectivity index (χ4v) is 2.79. The number of benzene rings is 1. The van der Waals surface area contributed by atoms with E-state index >= 15 is 0 Å². The van der Waals surface area contributed by atoms with Gasteiger partial charge in [-0.1, -0.05) is 26.0 Å². The van der Waals surface area contributed by atoms with Gasteiger partial charge in [-0.2, -0.15) is 0 Å². The van der Waals surface area contributed by atoms with Gasteiger partial charge < -0.3 is 35.2 Å². The van der Waals surface area contributed by atoms with Gasteiger partial charge in [0.1, 0.15) is 24.6 Å². The number of carbonyl (C=O) groups is 2. The normalized spacial score (nSPS) is 19.2. The zero-order valence-electron chi connectivity index (χ0n) is 16.3. The Morgan fingerprint density at radius 3 is 2.43 bits per heavy atom. The van der Waals surface area contributed by atoms with Crippen molar-refractivity contribution in [2.45, 2.75) is 51.0 Å². The van der Waals surface area contributed by atoms with E-state index < -0.39 is 24.1 Å². The molecule has 3 atom stereocenters. The summed E-state index contributed by atoms with van der Waals surface area (Å²) in [5, 5.41) is 38.1. The van der Waals surface area contributed by atoms with Gasteiger partial charge in [0.15, 0.2) is 0 Å². The summed E-state index contributed by atoms with van der Waals surface area (Å²) >= 11 is 0. The zero-order chi connectivity index (χ0) is 21.3. The van der Waals surface area contributed by atoms with E-state index in [-0.39, 0.29) is 12.7 Å². The molecule has 1 unspecified atom stereocenters. The summed E-state index contributed by atoms with van der Waals surface area (Å²) in [4.78, 5) is 18.2. The lowest BCUT2D eigenvalue weighted by atomic mass is 9.86. The third kappa shape index (κ3) is 7.43. The van der Waals surface area contributed by atoms with Crippen molar-refractivity contribution in [1.82, 2.24) is 5.32 Å². The Morgan fingerprint density at radius 1 is 1.25 bits per heavy atom. The first-order valence-corrected chi connectivity index (χ1v) is 9.00. The molecule has 0 bridgehead atoms. The number of carboxylic acid groups (broad SMARTS) is 2. The fourth-order valence-electron chi connectivity index (χ4n) is 2.79. The number of hydrogen-bond donors (Lipinski definition) is 5. The number of aliphatic hydroxyl groups excluding tert-OH is 2. The number of ether oxygens (including phenoxy) is 2. The van der Waals surface area contributed by atoms with Crippen LogP contribution in [-0.2, 0) is 20.7 Å². The average molecular weight is 399 g/mol. The molecule has 9 nitrogen and oxygen atoms in total. The van der Waals surface area contributed by atoms with Gasteiger partial charge >= 0.3 is 11.9 Å². The number of aliphatic hydroxyl groups is 2. The lowest BCUT2D eigenvalue weighted by molar-refractivity contribution is -0.159. The van der Waals surface area contributed by atoms with Gasteiger partial charge in [-0.25, -0.2) is 9.59 Å². The van der Waals surface area contributed by atoms with Gasteiger partial charge in [0.05, 0.1) is 6.10 Å². The minimum Gasteiger partial charge on any atom is -0.490 e. The Morgan fingerprint density at radius 2 is 1.89 bits per heavy atom. The topological polar surface area (TPSA) is 146 Å². The van der Waals surface area contributed by atoms with Gasteiger partial charge in [-0.3, -0.25) is 0 Å². The Balaban J connectivity index is 0.000000568. The van der Waals surface area contributed by atoms with Gasteiger partial charge in [0.25, 0.3) is 0 Å². The summed E-state index contributed by atoms with van der Waals surface area (Å²) in [6.07, 6.45) is 0.0365. The van der Waals surface area contributed by atoms with Crippen molar-refractivity contribution in [3.63, 3.8) is 0 Å². The molecule has 0 saturated heterocycles. The van der Waals surface area contributed by atoms with Crippen LogP contribution in [0.4, 0.5) is 0 Å². The number of fused-ring (bicyclic) bond motifs is 1. The molecular formula is C19H29NO8. The maximum Gasteiger partial charge on any atom is 0.414 e. The zero-order valence-corrected chi connectivity index (χ0v) is 16.3. The second kappa shape index (κ2) is 11.6. The standard InChI is InChI=1S/C17H27NO4.C2H2O4/c1-11(2)18-9-13(19)10-22-15-6-4-5-12-7-8-14(20)17(21-3)16(12)15;3-1(4)2(5)6/h4-6,11,13-14,17-20H,7-10H2,1-3H3;(H,3,4)(H,5,6)/t13?,14-,17-;/m0./s1. The van der Waals surface area contributed by atoms with E-state index in [9.17, 15) is 10.2 Å². The quantitative estimate of drug-likeness (QED) is 0.415. The summed E-state index contributed by atoms with van der Waals surface area (Å²) in [6, 6.07) is 6.17. The molecule has 158 valence electrons. The Kier molecular flexibility index (Phi) is 9.88. The molecule has 0 radical (unpaired) electrons. The Hall–Kier alpha value is -2.20. The minimum absolute atomic E-state index is 0.211.